The molecule has 0 amide bonds. The first kappa shape index (κ1) is 15.9. The lowest BCUT2D eigenvalue weighted by Gasteiger charge is -2.34. The first-order valence-electron chi connectivity index (χ1n) is 8.90. The highest BCUT2D eigenvalue weighted by Gasteiger charge is 2.55. The van der Waals surface area contributed by atoms with E-state index in [0.29, 0.717) is 11.3 Å². The van der Waals surface area contributed by atoms with Gasteiger partial charge in [-0.15, -0.1) is 0 Å². The van der Waals surface area contributed by atoms with Crippen LogP contribution in [-0.2, 0) is 5.54 Å². The van der Waals surface area contributed by atoms with Gasteiger partial charge in [-0.1, -0.05) is 60.2 Å². The van der Waals surface area contributed by atoms with Gasteiger partial charge in [0.05, 0.1) is 5.69 Å². The van der Waals surface area contributed by atoms with Crippen molar-refractivity contribution in [3.63, 3.8) is 0 Å². The molecular weight excluding hydrogens is 336 g/mol. The highest BCUT2D eigenvalue weighted by molar-refractivity contribution is 6.17. The number of hydroxylamine groups is 1. The van der Waals surface area contributed by atoms with Gasteiger partial charge < -0.3 is 4.98 Å². The predicted molar refractivity (Wildman–Crippen MR) is 105 cm³/mol. The fraction of sp³-hybridized carbons (Fsp3) is 0.0870. The summed E-state index contributed by atoms with van der Waals surface area (Å²) in [5.74, 6) is -0.130. The van der Waals surface area contributed by atoms with E-state index in [1.807, 2.05) is 73.8 Å². The van der Waals surface area contributed by atoms with Crippen molar-refractivity contribution in [3.05, 3.63) is 101 Å². The zero-order valence-corrected chi connectivity index (χ0v) is 14.8. The summed E-state index contributed by atoms with van der Waals surface area (Å²) in [6.07, 6.45) is 1.83. The Labute approximate surface area is 156 Å². The number of aromatic amines is 1. The Morgan fingerprint density at radius 2 is 1.63 bits per heavy atom. The molecule has 1 aliphatic heterocycles. The second-order valence-electron chi connectivity index (χ2n) is 6.98. The minimum Gasteiger partial charge on any atom is -0.361 e. The van der Waals surface area contributed by atoms with Gasteiger partial charge in [0.15, 0.2) is 5.54 Å². The monoisotopic (exact) mass is 354 g/mol. The lowest BCUT2D eigenvalue weighted by molar-refractivity contribution is 0.0846. The molecule has 1 atom stereocenters. The summed E-state index contributed by atoms with van der Waals surface area (Å²) < 4.78 is 0. The number of aromatic nitrogens is 1. The van der Waals surface area contributed by atoms with Crippen LogP contribution in [0.5, 0.6) is 0 Å². The zero-order chi connectivity index (χ0) is 18.6. The first-order valence-corrected chi connectivity index (χ1v) is 8.90. The Morgan fingerprint density at radius 1 is 0.926 bits per heavy atom. The number of carbonyl (C=O) groups excluding carboxylic acids is 1. The zero-order valence-electron chi connectivity index (χ0n) is 14.8. The fourth-order valence-electron chi connectivity index (χ4n) is 4.13. The number of hydrogen-bond donors (Lipinski definition) is 2. The number of Topliss-reactive ketones (excluding diaryl/α,β-unsaturated/α-hetero) is 1. The molecule has 0 radical (unpaired) electrons. The fourth-order valence-corrected chi connectivity index (χ4v) is 4.13. The van der Waals surface area contributed by atoms with Gasteiger partial charge in [-0.3, -0.25) is 10.0 Å². The largest absolute Gasteiger partial charge is 0.361 e. The Morgan fingerprint density at radius 3 is 2.41 bits per heavy atom. The molecule has 1 aromatic heterocycles. The normalized spacial score (nSPS) is 18.9. The van der Waals surface area contributed by atoms with E-state index >= 15 is 0 Å². The maximum absolute atomic E-state index is 13.7. The number of aryl methyl sites for hydroxylation is 1. The molecule has 4 heteroatoms. The molecule has 1 aliphatic rings. The molecule has 0 fully saturated rings. The van der Waals surface area contributed by atoms with Crippen molar-refractivity contribution in [2.24, 2.45) is 0 Å². The lowest BCUT2D eigenvalue weighted by Crippen LogP contribution is -2.47. The summed E-state index contributed by atoms with van der Waals surface area (Å²) in [5, 5.41) is 13.4. The molecule has 0 saturated carbocycles. The third-order valence-corrected chi connectivity index (χ3v) is 5.47. The predicted octanol–water partition coefficient (Wildman–Crippen LogP) is 4.81. The number of carbonyl (C=O) groups is 1. The highest BCUT2D eigenvalue weighted by Crippen LogP contribution is 2.49. The van der Waals surface area contributed by atoms with Crippen LogP contribution in [0.25, 0.3) is 10.9 Å². The second-order valence-corrected chi connectivity index (χ2v) is 6.98. The SMILES string of the molecule is Cc1ccc([C@]2(c3c[nH]c4ccccc34)C(=O)c3ccccc3N2O)cc1. The van der Waals surface area contributed by atoms with Crippen LogP contribution >= 0.6 is 0 Å². The third-order valence-electron chi connectivity index (χ3n) is 5.47. The van der Waals surface area contributed by atoms with Crippen LogP contribution in [0.2, 0.25) is 0 Å². The number of H-pyrrole nitrogens is 1. The van der Waals surface area contributed by atoms with Gasteiger partial charge in [0, 0.05) is 28.2 Å². The highest BCUT2D eigenvalue weighted by atomic mass is 16.5. The van der Waals surface area contributed by atoms with E-state index in [1.54, 1.807) is 12.1 Å². The molecule has 4 aromatic rings. The number of hydrogen-bond acceptors (Lipinski definition) is 3. The van der Waals surface area contributed by atoms with Gasteiger partial charge in [-0.2, -0.15) is 0 Å². The van der Waals surface area contributed by atoms with E-state index in [0.717, 1.165) is 32.7 Å². The van der Waals surface area contributed by atoms with Crippen LogP contribution in [0.3, 0.4) is 0 Å². The maximum Gasteiger partial charge on any atom is 0.202 e. The van der Waals surface area contributed by atoms with Crippen molar-refractivity contribution in [1.82, 2.24) is 4.98 Å². The molecule has 0 unspecified atom stereocenters. The summed E-state index contributed by atoms with van der Waals surface area (Å²) in [7, 11) is 0. The van der Waals surface area contributed by atoms with E-state index in [-0.39, 0.29) is 5.78 Å². The van der Waals surface area contributed by atoms with Crippen molar-refractivity contribution in [2.75, 3.05) is 5.06 Å². The number of para-hydroxylation sites is 2. The van der Waals surface area contributed by atoms with E-state index in [4.69, 9.17) is 0 Å². The average molecular weight is 354 g/mol. The number of nitrogens with zero attached hydrogens (tertiary/aromatic N) is 1. The van der Waals surface area contributed by atoms with Gasteiger partial charge in [-0.05, 0) is 30.7 Å². The minimum absolute atomic E-state index is 0.130. The number of nitrogens with one attached hydrogen (secondary N) is 1. The van der Waals surface area contributed by atoms with Crippen molar-refractivity contribution in [1.29, 1.82) is 0 Å². The molecule has 2 N–H and O–H groups in total. The molecule has 0 bridgehead atoms. The summed E-state index contributed by atoms with van der Waals surface area (Å²) in [6, 6.07) is 22.8. The lowest BCUT2D eigenvalue weighted by atomic mass is 9.79. The molecule has 0 aliphatic carbocycles. The number of ketones is 1. The van der Waals surface area contributed by atoms with E-state index in [9.17, 15) is 10.0 Å². The van der Waals surface area contributed by atoms with Crippen molar-refractivity contribution < 1.29 is 10.0 Å². The molecule has 2 heterocycles. The molecule has 5 rings (SSSR count). The number of rotatable bonds is 2. The second kappa shape index (κ2) is 5.56. The van der Waals surface area contributed by atoms with Gasteiger partial charge in [0.25, 0.3) is 0 Å². The van der Waals surface area contributed by atoms with Crippen LogP contribution in [0.15, 0.2) is 79.0 Å². The topological polar surface area (TPSA) is 56.3 Å². The number of anilines is 1. The van der Waals surface area contributed by atoms with Crippen LogP contribution < -0.4 is 5.06 Å². The Balaban J connectivity index is 1.88. The van der Waals surface area contributed by atoms with Crippen LogP contribution in [-0.4, -0.2) is 16.0 Å². The van der Waals surface area contributed by atoms with Gasteiger partial charge in [0.1, 0.15) is 0 Å². The van der Waals surface area contributed by atoms with Crippen molar-refractivity contribution in [2.45, 2.75) is 12.5 Å². The number of fused-ring (bicyclic) bond motifs is 2. The molecule has 4 nitrogen and oxygen atoms in total. The Bertz CT molecular complexity index is 1180. The minimum atomic E-state index is -1.32. The van der Waals surface area contributed by atoms with Crippen molar-refractivity contribution in [3.8, 4) is 0 Å². The Hall–Kier alpha value is -3.37. The first-order chi connectivity index (χ1) is 13.1. The van der Waals surface area contributed by atoms with Crippen molar-refractivity contribution >= 4 is 22.4 Å². The van der Waals surface area contributed by atoms with Crippen LogP contribution in [0.4, 0.5) is 5.69 Å². The smallest absolute Gasteiger partial charge is 0.202 e. The molecule has 132 valence electrons. The maximum atomic E-state index is 13.7. The van der Waals surface area contributed by atoms with E-state index in [2.05, 4.69) is 4.98 Å². The van der Waals surface area contributed by atoms with Crippen LogP contribution in [0, 0.1) is 6.92 Å². The summed E-state index contributed by atoms with van der Waals surface area (Å²) in [6.45, 7) is 2.00. The quantitative estimate of drug-likeness (QED) is 0.543. The van der Waals surface area contributed by atoms with Gasteiger partial charge >= 0.3 is 0 Å². The molecule has 27 heavy (non-hydrogen) atoms. The Kier molecular flexibility index (Phi) is 3.27. The summed E-state index contributed by atoms with van der Waals surface area (Å²) in [5.41, 5.74) is 3.22. The summed E-state index contributed by atoms with van der Waals surface area (Å²) in [4.78, 5) is 17.0. The third kappa shape index (κ3) is 1.99. The van der Waals surface area contributed by atoms with Crippen LogP contribution in [0.1, 0.15) is 27.0 Å². The molecule has 0 spiro atoms. The molecular formula is C23H18N2O2. The summed E-state index contributed by atoms with van der Waals surface area (Å²) >= 11 is 0. The van der Waals surface area contributed by atoms with E-state index < -0.39 is 5.54 Å². The molecule has 3 aromatic carbocycles. The number of benzene rings is 3. The van der Waals surface area contributed by atoms with Gasteiger partial charge in [0.2, 0.25) is 5.78 Å². The van der Waals surface area contributed by atoms with Gasteiger partial charge in [-0.25, -0.2) is 5.06 Å². The standard InChI is InChI=1S/C23H18N2O2/c1-15-10-12-16(13-11-15)23(19-14-24-20-8-4-2-6-17(19)20)22(26)18-7-3-5-9-21(18)25(23)27/h2-14,24,27H,1H3/t23-/m0/s1. The average Bonchev–Trinajstić information content (AvgIpc) is 3.22. The molecule has 0 saturated heterocycles. The van der Waals surface area contributed by atoms with E-state index in [1.165, 1.54) is 0 Å².